The third-order valence-electron chi connectivity index (χ3n) is 4.40. The van der Waals surface area contributed by atoms with Crippen molar-refractivity contribution < 1.29 is 4.39 Å². The van der Waals surface area contributed by atoms with Crippen molar-refractivity contribution in [1.29, 1.82) is 0 Å². The van der Waals surface area contributed by atoms with Crippen LogP contribution in [0.4, 0.5) is 4.39 Å². The fourth-order valence-electron chi connectivity index (χ4n) is 2.88. The second-order valence-corrected chi connectivity index (χ2v) is 6.79. The Morgan fingerprint density at radius 1 is 1.08 bits per heavy atom. The van der Waals surface area contributed by atoms with Crippen molar-refractivity contribution in [2.45, 2.75) is 25.3 Å². The number of aromatic nitrogens is 2. The van der Waals surface area contributed by atoms with Gasteiger partial charge in [-0.2, -0.15) is 5.10 Å². The number of hydrogen-bond donors (Lipinski definition) is 0. The molecule has 3 aromatic rings. The zero-order chi connectivity index (χ0) is 17.4. The van der Waals surface area contributed by atoms with Gasteiger partial charge < -0.3 is 0 Å². The topological polar surface area (TPSA) is 34.9 Å². The lowest BCUT2D eigenvalue weighted by molar-refractivity contribution is 0.626. The van der Waals surface area contributed by atoms with E-state index in [0.717, 1.165) is 29.5 Å². The van der Waals surface area contributed by atoms with Crippen LogP contribution in [0.15, 0.2) is 59.4 Å². The summed E-state index contributed by atoms with van der Waals surface area (Å²) in [5, 5.41) is 5.16. The van der Waals surface area contributed by atoms with Gasteiger partial charge in [0.2, 0.25) is 0 Å². The molecule has 4 rings (SSSR count). The van der Waals surface area contributed by atoms with Crippen LogP contribution in [0.5, 0.6) is 0 Å². The zero-order valence-electron chi connectivity index (χ0n) is 13.5. The van der Waals surface area contributed by atoms with Crippen molar-refractivity contribution in [3.05, 3.63) is 86.9 Å². The molecule has 0 unspecified atom stereocenters. The Morgan fingerprint density at radius 2 is 1.76 bits per heavy atom. The van der Waals surface area contributed by atoms with E-state index in [-0.39, 0.29) is 11.4 Å². The Balaban J connectivity index is 1.78. The van der Waals surface area contributed by atoms with Crippen molar-refractivity contribution >= 4 is 11.6 Å². The van der Waals surface area contributed by atoms with E-state index in [2.05, 4.69) is 5.10 Å². The second-order valence-electron chi connectivity index (χ2n) is 6.36. The molecule has 1 aromatic heterocycles. The van der Waals surface area contributed by atoms with Gasteiger partial charge in [-0.3, -0.25) is 4.79 Å². The van der Waals surface area contributed by atoms with Crippen molar-refractivity contribution in [3.63, 3.8) is 0 Å². The van der Waals surface area contributed by atoms with E-state index in [1.165, 1.54) is 16.8 Å². The van der Waals surface area contributed by atoms with Crippen LogP contribution in [0.2, 0.25) is 5.02 Å². The summed E-state index contributed by atoms with van der Waals surface area (Å²) < 4.78 is 14.7. The summed E-state index contributed by atoms with van der Waals surface area (Å²) in [7, 11) is 0. The van der Waals surface area contributed by atoms with Crippen molar-refractivity contribution in [3.8, 4) is 11.3 Å². The molecule has 1 aliphatic rings. The number of nitrogens with zero attached hydrogens (tertiary/aromatic N) is 2. The van der Waals surface area contributed by atoms with Crippen LogP contribution >= 0.6 is 11.6 Å². The fraction of sp³-hybridized carbons (Fsp3) is 0.200. The van der Waals surface area contributed by atoms with Gasteiger partial charge in [-0.25, -0.2) is 9.07 Å². The van der Waals surface area contributed by atoms with Gasteiger partial charge in [0.15, 0.2) is 0 Å². The van der Waals surface area contributed by atoms with Crippen LogP contribution in [0, 0.1) is 5.82 Å². The highest BCUT2D eigenvalue weighted by Crippen LogP contribution is 2.39. The first kappa shape index (κ1) is 16.0. The highest BCUT2D eigenvalue weighted by molar-refractivity contribution is 6.30. The molecule has 1 saturated carbocycles. The van der Waals surface area contributed by atoms with Crippen LogP contribution in [0.1, 0.15) is 29.9 Å². The summed E-state index contributed by atoms with van der Waals surface area (Å²) in [5.74, 6) is 0.0202. The third kappa shape index (κ3) is 3.49. The standard InChI is InChI=1S/C20H16ClFN2O/c21-16-7-1-13(2-8-16)12-24-20(25)18(14-3-4-14)11-19(23-24)15-5-9-17(22)10-6-15/h1-2,5-11,14H,3-4,12H2. The van der Waals surface area contributed by atoms with E-state index >= 15 is 0 Å². The van der Waals surface area contributed by atoms with E-state index in [0.29, 0.717) is 23.2 Å². The monoisotopic (exact) mass is 354 g/mol. The van der Waals surface area contributed by atoms with Gasteiger partial charge in [-0.05, 0) is 66.8 Å². The Labute approximate surface area is 149 Å². The van der Waals surface area contributed by atoms with Gasteiger partial charge in [0.25, 0.3) is 5.56 Å². The molecule has 0 saturated heterocycles. The van der Waals surface area contributed by atoms with Gasteiger partial charge >= 0.3 is 0 Å². The molecule has 5 heteroatoms. The van der Waals surface area contributed by atoms with Crippen LogP contribution in [-0.2, 0) is 6.54 Å². The average molecular weight is 355 g/mol. The summed E-state index contributed by atoms with van der Waals surface area (Å²) in [6, 6.07) is 15.4. The molecule has 2 aromatic carbocycles. The number of hydrogen-bond acceptors (Lipinski definition) is 2. The molecule has 0 radical (unpaired) electrons. The van der Waals surface area contributed by atoms with Gasteiger partial charge in [0.1, 0.15) is 5.82 Å². The Hall–Kier alpha value is -2.46. The first-order valence-corrected chi connectivity index (χ1v) is 8.60. The summed E-state index contributed by atoms with van der Waals surface area (Å²) in [4.78, 5) is 12.8. The van der Waals surface area contributed by atoms with Crippen LogP contribution in [-0.4, -0.2) is 9.78 Å². The number of rotatable bonds is 4. The maximum atomic E-state index is 13.2. The lowest BCUT2D eigenvalue weighted by atomic mass is 10.1. The highest BCUT2D eigenvalue weighted by atomic mass is 35.5. The molecule has 0 spiro atoms. The summed E-state index contributed by atoms with van der Waals surface area (Å²) >= 11 is 5.92. The van der Waals surface area contributed by atoms with Crippen molar-refractivity contribution in [2.24, 2.45) is 0 Å². The molecule has 1 heterocycles. The van der Waals surface area contributed by atoms with Crippen molar-refractivity contribution in [1.82, 2.24) is 9.78 Å². The quantitative estimate of drug-likeness (QED) is 0.684. The van der Waals surface area contributed by atoms with E-state index in [1.807, 2.05) is 18.2 Å². The molecular formula is C20H16ClFN2O. The third-order valence-corrected chi connectivity index (χ3v) is 4.66. The minimum Gasteiger partial charge on any atom is -0.267 e. The maximum Gasteiger partial charge on any atom is 0.270 e. The molecule has 1 aliphatic carbocycles. The van der Waals surface area contributed by atoms with Crippen molar-refractivity contribution in [2.75, 3.05) is 0 Å². The van der Waals surface area contributed by atoms with E-state index in [4.69, 9.17) is 11.6 Å². The predicted octanol–water partition coefficient (Wildman–Crippen LogP) is 4.63. The summed E-state index contributed by atoms with van der Waals surface area (Å²) in [6.45, 7) is 0.380. The average Bonchev–Trinajstić information content (AvgIpc) is 3.44. The summed E-state index contributed by atoms with van der Waals surface area (Å²) in [6.07, 6.45) is 2.06. The second kappa shape index (κ2) is 6.45. The van der Waals surface area contributed by atoms with E-state index in [9.17, 15) is 9.18 Å². The molecule has 0 aliphatic heterocycles. The summed E-state index contributed by atoms with van der Waals surface area (Å²) in [5.41, 5.74) is 3.19. The van der Waals surface area contributed by atoms with Crippen LogP contribution in [0.3, 0.4) is 0 Å². The van der Waals surface area contributed by atoms with Gasteiger partial charge in [-0.1, -0.05) is 23.7 Å². The number of benzene rings is 2. The number of halogens is 2. The highest BCUT2D eigenvalue weighted by Gasteiger charge is 2.28. The molecule has 0 bridgehead atoms. The lowest BCUT2D eigenvalue weighted by Gasteiger charge is -2.11. The first-order valence-electron chi connectivity index (χ1n) is 8.22. The smallest absolute Gasteiger partial charge is 0.267 e. The van der Waals surface area contributed by atoms with Crippen LogP contribution < -0.4 is 5.56 Å². The molecule has 0 atom stereocenters. The molecule has 1 fully saturated rings. The van der Waals surface area contributed by atoms with E-state index < -0.39 is 0 Å². The minimum atomic E-state index is -0.291. The largest absolute Gasteiger partial charge is 0.270 e. The molecule has 3 nitrogen and oxygen atoms in total. The molecule has 25 heavy (non-hydrogen) atoms. The molecule has 0 N–H and O–H groups in total. The lowest BCUT2D eigenvalue weighted by Crippen LogP contribution is -2.27. The zero-order valence-corrected chi connectivity index (χ0v) is 14.2. The maximum absolute atomic E-state index is 13.2. The SMILES string of the molecule is O=c1c(C2CC2)cc(-c2ccc(F)cc2)nn1Cc1ccc(Cl)cc1. The Bertz CT molecular complexity index is 960. The molecule has 126 valence electrons. The minimum absolute atomic E-state index is 0.0525. The molecular weight excluding hydrogens is 339 g/mol. The normalized spacial score (nSPS) is 13.8. The Kier molecular flexibility index (Phi) is 4.14. The fourth-order valence-corrected chi connectivity index (χ4v) is 3.01. The molecule has 0 amide bonds. The Morgan fingerprint density at radius 3 is 2.40 bits per heavy atom. The van der Waals surface area contributed by atoms with E-state index in [1.54, 1.807) is 24.3 Å². The first-order chi connectivity index (χ1) is 12.1. The van der Waals surface area contributed by atoms with Gasteiger partial charge in [0.05, 0.1) is 12.2 Å². The van der Waals surface area contributed by atoms with Gasteiger partial charge in [-0.15, -0.1) is 0 Å². The predicted molar refractivity (Wildman–Crippen MR) is 96.4 cm³/mol. The van der Waals surface area contributed by atoms with Crippen LogP contribution in [0.25, 0.3) is 11.3 Å². The van der Waals surface area contributed by atoms with Gasteiger partial charge in [0, 0.05) is 16.1 Å².